The van der Waals surface area contributed by atoms with Gasteiger partial charge in [0, 0.05) is 22.0 Å². The molecule has 10 aromatic carbocycles. The van der Waals surface area contributed by atoms with Crippen molar-refractivity contribution < 1.29 is 19.1 Å². The number of hydrogen-bond donors (Lipinski definition) is 0. The van der Waals surface area contributed by atoms with Crippen molar-refractivity contribution in [2.24, 2.45) is 5.92 Å². The number of rotatable bonds is 14. The molecule has 0 heterocycles. The molecule has 0 saturated heterocycles. The van der Waals surface area contributed by atoms with Crippen LogP contribution in [0.2, 0.25) is 0 Å². The van der Waals surface area contributed by atoms with Gasteiger partial charge in [0.25, 0.3) is 0 Å². The summed E-state index contributed by atoms with van der Waals surface area (Å²) in [6.07, 6.45) is 3.13. The van der Waals surface area contributed by atoms with E-state index >= 15 is 0 Å². The first kappa shape index (κ1) is 52.1. The largest absolute Gasteiger partial charge is 0.462 e. The molecular weight excluding hydrogens is 989 g/mol. The summed E-state index contributed by atoms with van der Waals surface area (Å²) in [7, 11) is 0. The third kappa shape index (κ3) is 8.22. The second-order valence-electron chi connectivity index (χ2n) is 25.0. The molecule has 3 aliphatic rings. The Labute approximate surface area is 477 Å². The number of hydrogen-bond acceptors (Lipinski definition) is 4. The molecule has 0 aliphatic heterocycles. The average molecular weight is 1060 g/mol. The van der Waals surface area contributed by atoms with Gasteiger partial charge in [-0.15, -0.1) is 0 Å². The first-order chi connectivity index (χ1) is 38.9. The van der Waals surface area contributed by atoms with E-state index in [1.807, 2.05) is 0 Å². The van der Waals surface area contributed by atoms with Gasteiger partial charge in [0.15, 0.2) is 0 Å². The summed E-state index contributed by atoms with van der Waals surface area (Å²) in [5.74, 6) is -0.251. The molecule has 81 heavy (non-hydrogen) atoms. The van der Waals surface area contributed by atoms with Crippen molar-refractivity contribution in [2.75, 3.05) is 13.2 Å². The molecule has 0 bridgehead atoms. The van der Waals surface area contributed by atoms with Crippen LogP contribution in [0, 0.1) is 12.8 Å². The Hall–Kier alpha value is -8.34. The van der Waals surface area contributed by atoms with E-state index in [2.05, 4.69) is 219 Å². The quantitative estimate of drug-likeness (QED) is 0.0471. The van der Waals surface area contributed by atoms with Crippen LogP contribution < -0.4 is 0 Å². The van der Waals surface area contributed by atoms with Gasteiger partial charge in [-0.3, -0.25) is 0 Å². The van der Waals surface area contributed by atoms with Gasteiger partial charge in [-0.1, -0.05) is 188 Å². The number of esters is 2. The Morgan fingerprint density at radius 1 is 0.494 bits per heavy atom. The lowest BCUT2D eigenvalue weighted by molar-refractivity contribution is -0.140. The second-order valence-corrected chi connectivity index (χ2v) is 25.0. The van der Waals surface area contributed by atoms with Crippen LogP contribution in [0.3, 0.4) is 0 Å². The lowest BCUT2D eigenvalue weighted by atomic mass is 9.74. The number of carbonyl (C=O) groups excluding carboxylic acids is 2. The zero-order valence-electron chi connectivity index (χ0n) is 48.4. The molecule has 0 aromatic heterocycles. The zero-order valence-corrected chi connectivity index (χ0v) is 48.4. The zero-order chi connectivity index (χ0) is 56.4. The van der Waals surface area contributed by atoms with Gasteiger partial charge >= 0.3 is 11.9 Å². The van der Waals surface area contributed by atoms with Crippen LogP contribution in [0.15, 0.2) is 182 Å². The van der Waals surface area contributed by atoms with E-state index in [4.69, 9.17) is 9.47 Å². The third-order valence-corrected chi connectivity index (χ3v) is 18.8. The van der Waals surface area contributed by atoms with E-state index in [1.165, 1.54) is 99.1 Å². The Morgan fingerprint density at radius 2 is 0.938 bits per heavy atom. The first-order valence-electron chi connectivity index (χ1n) is 29.1. The molecule has 0 spiro atoms. The Morgan fingerprint density at radius 3 is 1.51 bits per heavy atom. The van der Waals surface area contributed by atoms with Gasteiger partial charge in [0.2, 0.25) is 0 Å². The predicted molar refractivity (Wildman–Crippen MR) is 336 cm³/mol. The van der Waals surface area contributed by atoms with Crippen LogP contribution >= 0.6 is 0 Å². The van der Waals surface area contributed by atoms with Crippen LogP contribution in [0.1, 0.15) is 119 Å². The van der Waals surface area contributed by atoms with Crippen molar-refractivity contribution in [3.63, 3.8) is 0 Å². The van der Waals surface area contributed by atoms with E-state index in [-0.39, 0.29) is 24.0 Å². The third-order valence-electron chi connectivity index (χ3n) is 18.8. The summed E-state index contributed by atoms with van der Waals surface area (Å²) >= 11 is 0. The van der Waals surface area contributed by atoms with Crippen molar-refractivity contribution >= 4 is 44.3 Å². The summed E-state index contributed by atoms with van der Waals surface area (Å²) < 4.78 is 12.1. The van der Waals surface area contributed by atoms with Crippen LogP contribution in [0.5, 0.6) is 0 Å². The normalized spacial score (nSPS) is 17.0. The summed E-state index contributed by atoms with van der Waals surface area (Å²) in [6.45, 7) is 27.6. The average Bonchev–Trinajstić information content (AvgIpc) is 4.21. The molecule has 10 aromatic rings. The fraction of sp³-hybridized carbons (Fsp3) is 0.247. The Balaban J connectivity index is 0.890. The SMILES string of the molecule is C=C(C)C(=O)OCCCC1(COC(=O)C(=C)C)c2cc(-c3ccc4c(c3)C(C)(C)c3cc(-c5ccc6ccc7cc(CC(C)C)cc8ccc5c6c78)ccc3-4)ccc2-c2ccc(-c3ccc4c(c3)C(C)(CC)c3cc(C)ccc3-4)cc21. The fourth-order valence-electron chi connectivity index (χ4n) is 14.4. The van der Waals surface area contributed by atoms with Crippen LogP contribution in [0.4, 0.5) is 0 Å². The van der Waals surface area contributed by atoms with Gasteiger partial charge < -0.3 is 9.47 Å². The van der Waals surface area contributed by atoms with Crippen LogP contribution in [-0.2, 0) is 41.7 Å². The molecule has 4 nitrogen and oxygen atoms in total. The van der Waals surface area contributed by atoms with Gasteiger partial charge in [-0.2, -0.15) is 0 Å². The highest BCUT2D eigenvalue weighted by atomic mass is 16.5. The molecule has 13 rings (SSSR count). The molecule has 0 radical (unpaired) electrons. The molecule has 3 aliphatic carbocycles. The maximum absolute atomic E-state index is 13.6. The van der Waals surface area contributed by atoms with E-state index < -0.39 is 17.4 Å². The molecule has 402 valence electrons. The van der Waals surface area contributed by atoms with E-state index in [9.17, 15) is 9.59 Å². The first-order valence-corrected chi connectivity index (χ1v) is 29.1. The van der Waals surface area contributed by atoms with Gasteiger partial charge in [-0.25, -0.2) is 9.59 Å². The minimum atomic E-state index is -0.787. The molecule has 0 fully saturated rings. The van der Waals surface area contributed by atoms with Crippen LogP contribution in [0.25, 0.3) is 99.1 Å². The number of benzene rings is 10. The Kier molecular flexibility index (Phi) is 12.3. The maximum Gasteiger partial charge on any atom is 0.333 e. The highest BCUT2D eigenvalue weighted by molar-refractivity contribution is 6.25. The maximum atomic E-state index is 13.6. The summed E-state index contributed by atoms with van der Waals surface area (Å²) in [6, 6.07) is 60.3. The van der Waals surface area contributed by atoms with Crippen LogP contribution in [-0.4, -0.2) is 25.2 Å². The van der Waals surface area contributed by atoms with E-state index in [0.717, 1.165) is 57.3 Å². The number of ether oxygens (including phenoxy) is 2. The van der Waals surface area contributed by atoms with Gasteiger partial charge in [0.1, 0.15) is 6.61 Å². The monoisotopic (exact) mass is 1060 g/mol. The number of aryl methyl sites for hydroxylation is 1. The van der Waals surface area contributed by atoms with Crippen molar-refractivity contribution in [2.45, 2.75) is 104 Å². The predicted octanol–water partition coefficient (Wildman–Crippen LogP) is 19.4. The topological polar surface area (TPSA) is 52.6 Å². The molecule has 4 heteroatoms. The number of fused-ring (bicyclic) bond motifs is 9. The second kappa shape index (κ2) is 19.2. The fourth-order valence-corrected chi connectivity index (χ4v) is 14.4. The summed E-state index contributed by atoms with van der Waals surface area (Å²) in [5, 5.41) is 7.88. The minimum Gasteiger partial charge on any atom is -0.462 e. The minimum absolute atomic E-state index is 0.0903. The lowest BCUT2D eigenvalue weighted by Crippen LogP contribution is -2.33. The van der Waals surface area contributed by atoms with Crippen molar-refractivity contribution in [3.05, 3.63) is 227 Å². The molecule has 2 unspecified atom stereocenters. The standard InChI is InChI=1S/C77H70O4/c1-12-76(11)67-35-47(8)14-24-60(67)61-27-19-51(39-68(61)76)53-21-29-63-62-28-20-52(40-69(62)77(70(63)41-53,43-81-74(79)46(6)7)32-13-33-80-73(78)45(4)5)50-18-26-58-59-30-22-54(42-66(59)75(9,10)65(58)38-50)57-25-17-49-15-16-55-36-48(34-44(2)3)37-56-23-31-64(57)72(49)71(55)56/h14-31,35-42,44H,4,6,12-13,32-34,43H2,1-3,5,7-11H3. The van der Waals surface area contributed by atoms with Gasteiger partial charge in [-0.05, 0) is 221 Å². The van der Waals surface area contributed by atoms with Crippen molar-refractivity contribution in [1.82, 2.24) is 0 Å². The van der Waals surface area contributed by atoms with Crippen molar-refractivity contribution in [1.29, 1.82) is 0 Å². The number of carbonyl (C=O) groups is 2. The van der Waals surface area contributed by atoms with Crippen molar-refractivity contribution in [3.8, 4) is 66.8 Å². The smallest absolute Gasteiger partial charge is 0.333 e. The molecule has 2 atom stereocenters. The summed E-state index contributed by atoms with van der Waals surface area (Å²) in [5.41, 5.74) is 24.0. The van der Waals surface area contributed by atoms with Gasteiger partial charge in [0.05, 0.1) is 12.0 Å². The Bertz CT molecular complexity index is 4310. The highest BCUT2D eigenvalue weighted by Crippen LogP contribution is 2.57. The molecule has 0 N–H and O–H groups in total. The van der Waals surface area contributed by atoms with E-state index in [1.54, 1.807) is 13.8 Å². The summed E-state index contributed by atoms with van der Waals surface area (Å²) in [4.78, 5) is 26.3. The van der Waals surface area contributed by atoms with E-state index in [0.29, 0.717) is 29.9 Å². The molecule has 0 amide bonds. The highest BCUT2D eigenvalue weighted by Gasteiger charge is 2.46. The molecule has 0 saturated carbocycles. The molecular formula is C77H70O4. The lowest BCUT2D eigenvalue weighted by Gasteiger charge is -2.32.